The maximum Gasteiger partial charge on any atom is 0.127 e. The second-order valence-corrected chi connectivity index (χ2v) is 5.64. The van der Waals surface area contributed by atoms with E-state index in [1.807, 2.05) is 0 Å². The van der Waals surface area contributed by atoms with Crippen LogP contribution in [0.25, 0.3) is 0 Å². The lowest BCUT2D eigenvalue weighted by atomic mass is 9.97. The van der Waals surface area contributed by atoms with E-state index in [9.17, 15) is 4.39 Å². The van der Waals surface area contributed by atoms with Crippen molar-refractivity contribution < 1.29 is 4.39 Å². The Bertz CT molecular complexity index is 415. The van der Waals surface area contributed by atoms with Gasteiger partial charge in [0.15, 0.2) is 0 Å². The molecule has 1 aliphatic carbocycles. The Morgan fingerprint density at radius 2 is 2.12 bits per heavy atom. The molecular weight excluding hydrogens is 246 g/mol. The fourth-order valence-corrected chi connectivity index (χ4v) is 3.34. The van der Waals surface area contributed by atoms with Gasteiger partial charge in [-0.1, -0.05) is 18.5 Å². The number of hydrogen-bond acceptors (Lipinski definition) is 0. The Kier molecular flexibility index (Phi) is 3.46. The number of alkyl halides is 1. The van der Waals surface area contributed by atoms with Crippen LogP contribution in [0.4, 0.5) is 4.39 Å². The van der Waals surface area contributed by atoms with Crippen molar-refractivity contribution in [1.29, 1.82) is 0 Å². The predicted molar refractivity (Wildman–Crippen MR) is 66.8 cm³/mol. The Balaban J connectivity index is 2.59. The first-order valence-electron chi connectivity index (χ1n) is 5.62. The topological polar surface area (TPSA) is 0 Å². The predicted octanol–water partition coefficient (Wildman–Crippen LogP) is 5.04. The van der Waals surface area contributed by atoms with Crippen LogP contribution in [0.3, 0.4) is 0 Å². The summed E-state index contributed by atoms with van der Waals surface area (Å²) < 4.78 is 13.6. The van der Waals surface area contributed by atoms with Crippen molar-refractivity contribution in [2.24, 2.45) is 5.92 Å². The summed E-state index contributed by atoms with van der Waals surface area (Å²) in [5.41, 5.74) is 2.63. The van der Waals surface area contributed by atoms with Crippen LogP contribution in [0.1, 0.15) is 41.8 Å². The van der Waals surface area contributed by atoms with E-state index in [-0.39, 0.29) is 11.2 Å². The van der Waals surface area contributed by atoms with E-state index in [0.717, 1.165) is 30.4 Å². The summed E-state index contributed by atoms with van der Waals surface area (Å²) in [4.78, 5) is 0. The van der Waals surface area contributed by atoms with Gasteiger partial charge in [0.2, 0.25) is 0 Å². The zero-order valence-corrected chi connectivity index (χ0v) is 11.0. The highest BCUT2D eigenvalue weighted by atomic mass is 35.5. The summed E-state index contributed by atoms with van der Waals surface area (Å²) >= 11 is 12.5. The molecule has 0 radical (unpaired) electrons. The first-order chi connectivity index (χ1) is 7.50. The molecule has 0 heterocycles. The van der Waals surface area contributed by atoms with Gasteiger partial charge in [-0.15, -0.1) is 11.6 Å². The van der Waals surface area contributed by atoms with Crippen LogP contribution in [0, 0.1) is 18.7 Å². The van der Waals surface area contributed by atoms with Gasteiger partial charge >= 0.3 is 0 Å². The molecule has 3 heteroatoms. The van der Waals surface area contributed by atoms with Gasteiger partial charge in [-0.25, -0.2) is 4.39 Å². The molecule has 0 bridgehead atoms. The van der Waals surface area contributed by atoms with E-state index >= 15 is 0 Å². The van der Waals surface area contributed by atoms with Gasteiger partial charge in [-0.05, 0) is 54.9 Å². The quantitative estimate of drug-likeness (QED) is 0.453. The van der Waals surface area contributed by atoms with Crippen LogP contribution in [0.15, 0.2) is 6.07 Å². The molecule has 2 rings (SSSR count). The van der Waals surface area contributed by atoms with Crippen molar-refractivity contribution in [3.63, 3.8) is 0 Å². The number of benzene rings is 1. The monoisotopic (exact) mass is 260 g/mol. The minimum absolute atomic E-state index is 0.110. The molecule has 2 atom stereocenters. The molecule has 0 saturated carbocycles. The molecule has 0 amide bonds. The van der Waals surface area contributed by atoms with Crippen LogP contribution in [0.2, 0.25) is 5.02 Å². The molecule has 0 aliphatic heterocycles. The normalized spacial score (nSPS) is 25.1. The smallest absolute Gasteiger partial charge is 0.127 e. The summed E-state index contributed by atoms with van der Waals surface area (Å²) in [6.45, 7) is 3.97. The van der Waals surface area contributed by atoms with Crippen molar-refractivity contribution in [2.75, 3.05) is 0 Å². The van der Waals surface area contributed by atoms with Crippen LogP contribution < -0.4 is 0 Å². The third-order valence-electron chi connectivity index (χ3n) is 3.44. The zero-order valence-electron chi connectivity index (χ0n) is 9.49. The Morgan fingerprint density at radius 1 is 1.44 bits per heavy atom. The average molecular weight is 261 g/mol. The first-order valence-corrected chi connectivity index (χ1v) is 6.43. The zero-order chi connectivity index (χ0) is 11.9. The molecule has 0 saturated heterocycles. The third kappa shape index (κ3) is 2.08. The van der Waals surface area contributed by atoms with Gasteiger partial charge in [0.05, 0.1) is 5.38 Å². The fraction of sp³-hybridized carbons (Fsp3) is 0.538. The molecular formula is C13H15Cl2F. The van der Waals surface area contributed by atoms with Gasteiger partial charge in [-0.2, -0.15) is 0 Å². The largest absolute Gasteiger partial charge is 0.207 e. The first kappa shape index (κ1) is 12.2. The Morgan fingerprint density at radius 3 is 2.81 bits per heavy atom. The summed E-state index contributed by atoms with van der Waals surface area (Å²) in [7, 11) is 0. The van der Waals surface area contributed by atoms with Crippen LogP contribution in [0.5, 0.6) is 0 Å². The summed E-state index contributed by atoms with van der Waals surface area (Å²) in [5.74, 6) is 0.317. The highest BCUT2D eigenvalue weighted by molar-refractivity contribution is 6.31. The lowest BCUT2D eigenvalue weighted by Gasteiger charge is -2.16. The number of fused-ring (bicyclic) bond motifs is 1. The van der Waals surface area contributed by atoms with Crippen molar-refractivity contribution in [1.82, 2.24) is 0 Å². The van der Waals surface area contributed by atoms with Crippen LogP contribution in [-0.2, 0) is 6.42 Å². The second-order valence-electron chi connectivity index (χ2n) is 4.70. The molecule has 1 aromatic carbocycles. The molecule has 16 heavy (non-hydrogen) atoms. The SMILES string of the molecule is Cc1c(F)cc(Cl)c2c1C(Cl)CC(C)CC2. The van der Waals surface area contributed by atoms with Crippen LogP contribution >= 0.6 is 23.2 Å². The van der Waals surface area contributed by atoms with Crippen molar-refractivity contribution in [3.8, 4) is 0 Å². The van der Waals surface area contributed by atoms with Gasteiger partial charge in [0.25, 0.3) is 0 Å². The van der Waals surface area contributed by atoms with Crippen molar-refractivity contribution in [2.45, 2.75) is 38.5 Å². The highest BCUT2D eigenvalue weighted by Crippen LogP contribution is 2.41. The minimum atomic E-state index is -0.246. The lowest BCUT2D eigenvalue weighted by Crippen LogP contribution is -2.02. The number of rotatable bonds is 0. The minimum Gasteiger partial charge on any atom is -0.207 e. The Hall–Kier alpha value is -0.270. The standard InChI is InChI=1S/C13H15Cl2F/c1-7-3-4-9-10(14)6-12(16)8(2)13(9)11(15)5-7/h6-7,11H,3-5H2,1-2H3. The molecule has 0 fully saturated rings. The van der Waals surface area contributed by atoms with E-state index in [2.05, 4.69) is 6.92 Å². The number of halogens is 3. The van der Waals surface area contributed by atoms with Gasteiger partial charge < -0.3 is 0 Å². The molecule has 1 aliphatic rings. The van der Waals surface area contributed by atoms with Crippen molar-refractivity contribution in [3.05, 3.63) is 33.6 Å². The van der Waals surface area contributed by atoms with E-state index in [4.69, 9.17) is 23.2 Å². The van der Waals surface area contributed by atoms with E-state index in [1.54, 1.807) is 6.92 Å². The number of hydrogen-bond donors (Lipinski definition) is 0. The highest BCUT2D eigenvalue weighted by Gasteiger charge is 2.25. The van der Waals surface area contributed by atoms with Gasteiger partial charge in [0.1, 0.15) is 5.82 Å². The van der Waals surface area contributed by atoms with Crippen molar-refractivity contribution >= 4 is 23.2 Å². The lowest BCUT2D eigenvalue weighted by molar-refractivity contribution is 0.502. The summed E-state index contributed by atoms with van der Waals surface area (Å²) in [6.07, 6.45) is 2.87. The molecule has 2 unspecified atom stereocenters. The van der Waals surface area contributed by atoms with E-state index in [0.29, 0.717) is 16.5 Å². The molecule has 0 N–H and O–H groups in total. The van der Waals surface area contributed by atoms with Gasteiger partial charge in [0, 0.05) is 5.02 Å². The van der Waals surface area contributed by atoms with Crippen LogP contribution in [-0.4, -0.2) is 0 Å². The molecule has 88 valence electrons. The summed E-state index contributed by atoms with van der Waals surface area (Å²) in [6, 6.07) is 1.41. The maximum atomic E-state index is 13.6. The third-order valence-corrected chi connectivity index (χ3v) is 4.17. The average Bonchev–Trinajstić information content (AvgIpc) is 2.34. The summed E-state index contributed by atoms with van der Waals surface area (Å²) in [5, 5.41) is 0.415. The van der Waals surface area contributed by atoms with E-state index < -0.39 is 0 Å². The molecule has 1 aromatic rings. The molecule has 0 aromatic heterocycles. The Labute approximate surface area is 106 Å². The van der Waals surface area contributed by atoms with Gasteiger partial charge in [-0.3, -0.25) is 0 Å². The van der Waals surface area contributed by atoms with E-state index in [1.165, 1.54) is 6.07 Å². The fourth-order valence-electron chi connectivity index (χ4n) is 2.45. The molecule has 0 nitrogen and oxygen atoms in total. The second kappa shape index (κ2) is 4.54. The molecule has 0 spiro atoms. The maximum absolute atomic E-state index is 13.6.